The third-order valence-electron chi connectivity index (χ3n) is 4.38. The van der Waals surface area contributed by atoms with Crippen molar-refractivity contribution in [2.24, 2.45) is 7.05 Å². The molecule has 0 spiro atoms. The molecule has 0 saturated heterocycles. The van der Waals surface area contributed by atoms with E-state index in [0.29, 0.717) is 0 Å². The van der Waals surface area contributed by atoms with Gasteiger partial charge in [0.2, 0.25) is 5.28 Å². The van der Waals surface area contributed by atoms with Crippen LogP contribution in [0, 0.1) is 0 Å². The number of H-pyrrole nitrogens is 1. The lowest BCUT2D eigenvalue weighted by atomic mass is 9.98. The van der Waals surface area contributed by atoms with Crippen molar-refractivity contribution in [1.29, 1.82) is 0 Å². The Morgan fingerprint density at radius 1 is 0.962 bits per heavy atom. The minimum absolute atomic E-state index is 0.0660. The molecule has 2 aromatic carbocycles. The lowest BCUT2D eigenvalue weighted by molar-refractivity contribution is 0.606. The largest absolute Gasteiger partial charge is 0.333 e. The first-order valence-electron chi connectivity index (χ1n) is 8.04. The van der Waals surface area contributed by atoms with Crippen molar-refractivity contribution in [1.82, 2.24) is 19.1 Å². The normalized spacial score (nSPS) is 11.3. The zero-order chi connectivity index (χ0) is 18.3. The topological polar surface area (TPSA) is 72.7 Å². The summed E-state index contributed by atoms with van der Waals surface area (Å²) in [6.07, 6.45) is 0. The van der Waals surface area contributed by atoms with E-state index in [1.807, 2.05) is 60.7 Å². The number of fused-ring (bicyclic) bond motifs is 1. The third kappa shape index (κ3) is 2.55. The molecule has 2 heterocycles. The highest BCUT2D eigenvalue weighted by Gasteiger charge is 2.24. The molecule has 0 bridgehead atoms. The second-order valence-electron chi connectivity index (χ2n) is 5.97. The van der Waals surface area contributed by atoms with Crippen LogP contribution in [0.1, 0.15) is 17.2 Å². The summed E-state index contributed by atoms with van der Waals surface area (Å²) in [5.41, 5.74) is 1.33. The number of aromatic amines is 1. The second-order valence-corrected chi connectivity index (χ2v) is 6.32. The number of rotatable bonds is 3. The average molecular weight is 367 g/mol. The maximum Gasteiger partial charge on any atom is 0.333 e. The van der Waals surface area contributed by atoms with Crippen LogP contribution < -0.4 is 11.2 Å². The molecule has 0 amide bonds. The summed E-state index contributed by atoms with van der Waals surface area (Å²) in [7, 11) is 1.45. The molecule has 0 fully saturated rings. The smallest absolute Gasteiger partial charge is 0.323 e. The van der Waals surface area contributed by atoms with Crippen molar-refractivity contribution in [2.75, 3.05) is 0 Å². The molecular weight excluding hydrogens is 352 g/mol. The predicted octanol–water partition coefficient (Wildman–Crippen LogP) is 2.71. The molecule has 0 unspecified atom stereocenters. The van der Waals surface area contributed by atoms with Gasteiger partial charge in [-0.3, -0.25) is 13.9 Å². The number of halogens is 1. The van der Waals surface area contributed by atoms with Crippen molar-refractivity contribution in [2.45, 2.75) is 6.04 Å². The molecule has 0 aliphatic carbocycles. The average Bonchev–Trinajstić information content (AvgIpc) is 3.06. The van der Waals surface area contributed by atoms with E-state index in [4.69, 9.17) is 11.6 Å². The molecule has 1 N–H and O–H groups in total. The van der Waals surface area contributed by atoms with Crippen molar-refractivity contribution in [3.8, 4) is 0 Å². The molecule has 6 nitrogen and oxygen atoms in total. The summed E-state index contributed by atoms with van der Waals surface area (Å²) in [4.78, 5) is 32.4. The molecule has 0 aliphatic heterocycles. The number of imidazole rings is 1. The van der Waals surface area contributed by atoms with Crippen LogP contribution in [-0.2, 0) is 7.05 Å². The van der Waals surface area contributed by atoms with Crippen molar-refractivity contribution < 1.29 is 0 Å². The Balaban J connectivity index is 2.13. The minimum atomic E-state index is -0.458. The van der Waals surface area contributed by atoms with Gasteiger partial charge in [-0.15, -0.1) is 0 Å². The highest BCUT2D eigenvalue weighted by Crippen LogP contribution is 2.27. The maximum atomic E-state index is 13.0. The van der Waals surface area contributed by atoms with E-state index in [-0.39, 0.29) is 16.4 Å². The molecule has 0 aliphatic rings. The van der Waals surface area contributed by atoms with E-state index >= 15 is 0 Å². The van der Waals surface area contributed by atoms with Crippen LogP contribution in [0.4, 0.5) is 0 Å². The van der Waals surface area contributed by atoms with E-state index in [1.54, 1.807) is 0 Å². The number of aromatic nitrogens is 4. The molecule has 0 atom stereocenters. The van der Waals surface area contributed by atoms with Gasteiger partial charge in [-0.2, -0.15) is 4.98 Å². The molecule has 26 heavy (non-hydrogen) atoms. The van der Waals surface area contributed by atoms with E-state index in [9.17, 15) is 9.59 Å². The van der Waals surface area contributed by atoms with Crippen LogP contribution in [0.3, 0.4) is 0 Å². The first-order chi connectivity index (χ1) is 12.6. The van der Waals surface area contributed by atoms with Crippen LogP contribution in [0.5, 0.6) is 0 Å². The molecular formula is C19H15ClN4O2. The SMILES string of the molecule is Cn1c(=O)c2[nH]c(Cl)nc2n(C(c2ccccc2)c2ccccc2)c1=O. The Bertz CT molecular complexity index is 1150. The second kappa shape index (κ2) is 6.31. The predicted molar refractivity (Wildman–Crippen MR) is 101 cm³/mol. The zero-order valence-electron chi connectivity index (χ0n) is 13.9. The van der Waals surface area contributed by atoms with Crippen molar-refractivity contribution in [3.63, 3.8) is 0 Å². The van der Waals surface area contributed by atoms with Crippen molar-refractivity contribution >= 4 is 22.8 Å². The summed E-state index contributed by atoms with van der Waals surface area (Å²) in [5, 5.41) is 0.0660. The lowest BCUT2D eigenvalue weighted by Gasteiger charge is -2.22. The summed E-state index contributed by atoms with van der Waals surface area (Å²) >= 11 is 6.00. The molecule has 7 heteroatoms. The lowest BCUT2D eigenvalue weighted by Crippen LogP contribution is -2.40. The van der Waals surface area contributed by atoms with Gasteiger partial charge in [0.05, 0.1) is 6.04 Å². The fourth-order valence-corrected chi connectivity index (χ4v) is 3.33. The Hall–Kier alpha value is -3.12. The van der Waals surface area contributed by atoms with E-state index < -0.39 is 17.3 Å². The fraction of sp³-hybridized carbons (Fsp3) is 0.105. The van der Waals surface area contributed by atoms with E-state index in [1.165, 1.54) is 11.6 Å². The number of hydrogen-bond acceptors (Lipinski definition) is 3. The first-order valence-corrected chi connectivity index (χ1v) is 8.42. The van der Waals surface area contributed by atoms with Gasteiger partial charge in [-0.1, -0.05) is 60.7 Å². The van der Waals surface area contributed by atoms with Gasteiger partial charge in [-0.25, -0.2) is 4.79 Å². The van der Waals surface area contributed by atoms with Crippen LogP contribution in [0.15, 0.2) is 70.3 Å². The Morgan fingerprint density at radius 2 is 1.50 bits per heavy atom. The molecule has 4 rings (SSSR count). The van der Waals surface area contributed by atoms with Crippen LogP contribution in [0.2, 0.25) is 5.28 Å². The van der Waals surface area contributed by atoms with Gasteiger partial charge in [0.1, 0.15) is 0 Å². The molecule has 0 radical (unpaired) electrons. The standard InChI is InChI=1S/C19H15ClN4O2/c1-23-17(25)14-16(22-18(20)21-14)24(19(23)26)15(12-8-4-2-5-9-12)13-10-6-3-7-11-13/h2-11,15H,1H3,(H,21,22). The van der Waals surface area contributed by atoms with Gasteiger partial charge in [0.15, 0.2) is 11.2 Å². The number of hydrogen-bond donors (Lipinski definition) is 1. The van der Waals surface area contributed by atoms with E-state index in [0.717, 1.165) is 15.7 Å². The highest BCUT2D eigenvalue weighted by atomic mass is 35.5. The van der Waals surface area contributed by atoms with Crippen LogP contribution >= 0.6 is 11.6 Å². The molecule has 130 valence electrons. The molecule has 4 aromatic rings. The molecule has 0 saturated carbocycles. The maximum absolute atomic E-state index is 13.0. The minimum Gasteiger partial charge on any atom is -0.323 e. The monoisotopic (exact) mass is 366 g/mol. The zero-order valence-corrected chi connectivity index (χ0v) is 14.6. The molecule has 2 aromatic heterocycles. The first kappa shape index (κ1) is 16.4. The summed E-state index contributed by atoms with van der Waals surface area (Å²) in [6, 6.07) is 18.8. The Labute approximate surface area is 153 Å². The number of benzene rings is 2. The Kier molecular flexibility index (Phi) is 3.97. The van der Waals surface area contributed by atoms with Crippen LogP contribution in [0.25, 0.3) is 11.2 Å². The summed E-state index contributed by atoms with van der Waals surface area (Å²) < 4.78 is 2.57. The van der Waals surface area contributed by atoms with Gasteiger partial charge in [0.25, 0.3) is 5.56 Å². The summed E-state index contributed by atoms with van der Waals surface area (Å²) in [5.74, 6) is 0. The van der Waals surface area contributed by atoms with Crippen LogP contribution in [-0.4, -0.2) is 19.1 Å². The number of nitrogens with zero attached hydrogens (tertiary/aromatic N) is 3. The van der Waals surface area contributed by atoms with E-state index in [2.05, 4.69) is 9.97 Å². The van der Waals surface area contributed by atoms with Gasteiger partial charge < -0.3 is 4.98 Å². The van der Waals surface area contributed by atoms with Gasteiger partial charge in [-0.05, 0) is 22.7 Å². The third-order valence-corrected chi connectivity index (χ3v) is 4.56. The summed E-state index contributed by atoms with van der Waals surface area (Å²) in [6.45, 7) is 0. The number of nitrogens with one attached hydrogen (secondary N) is 1. The highest BCUT2D eigenvalue weighted by molar-refractivity contribution is 6.29. The quantitative estimate of drug-likeness (QED) is 0.566. The fourth-order valence-electron chi connectivity index (χ4n) is 3.16. The van der Waals surface area contributed by atoms with Crippen molar-refractivity contribution in [3.05, 3.63) is 97.9 Å². The Morgan fingerprint density at radius 3 is 2.04 bits per heavy atom. The van der Waals surface area contributed by atoms with Gasteiger partial charge in [0, 0.05) is 7.05 Å². The van der Waals surface area contributed by atoms with Gasteiger partial charge >= 0.3 is 5.69 Å².